The Bertz CT molecular complexity index is 751. The fraction of sp³-hybridized carbons (Fsp3) is 0.0625. The van der Waals surface area contributed by atoms with Gasteiger partial charge in [-0.1, -0.05) is 18.2 Å². The van der Waals surface area contributed by atoms with Gasteiger partial charge in [0.1, 0.15) is 5.82 Å². The maximum atomic E-state index is 12.9. The van der Waals surface area contributed by atoms with Crippen LogP contribution < -0.4 is 5.73 Å². The fourth-order valence-corrected chi connectivity index (χ4v) is 1.82. The molecule has 0 bridgehead atoms. The summed E-state index contributed by atoms with van der Waals surface area (Å²) in [5.74, 6) is -2.17. The van der Waals surface area contributed by atoms with E-state index in [1.807, 2.05) is 6.07 Å². The van der Waals surface area contributed by atoms with Gasteiger partial charge < -0.3 is 10.5 Å². The van der Waals surface area contributed by atoms with Gasteiger partial charge in [0, 0.05) is 5.56 Å². The molecule has 0 aromatic heterocycles. The van der Waals surface area contributed by atoms with Crippen molar-refractivity contribution in [1.29, 1.82) is 5.26 Å². The molecule has 1 unspecified atom stereocenters. The summed E-state index contributed by atoms with van der Waals surface area (Å²) in [6, 6.07) is 12.6. The summed E-state index contributed by atoms with van der Waals surface area (Å²) in [5, 5.41) is 8.81. The second kappa shape index (κ2) is 6.50. The van der Waals surface area contributed by atoms with Gasteiger partial charge in [-0.15, -0.1) is 0 Å². The molecular formula is C16H11FN2O3. The number of esters is 1. The number of nitrogens with two attached hydrogens (primary N) is 1. The molecule has 0 aliphatic rings. The Morgan fingerprint density at radius 1 is 1.18 bits per heavy atom. The number of hydrogen-bond donors (Lipinski definition) is 1. The molecule has 0 heterocycles. The van der Waals surface area contributed by atoms with E-state index in [-0.39, 0.29) is 16.7 Å². The van der Waals surface area contributed by atoms with E-state index in [1.54, 1.807) is 0 Å². The summed E-state index contributed by atoms with van der Waals surface area (Å²) < 4.78 is 18.0. The minimum absolute atomic E-state index is 0.118. The number of carbonyl (C=O) groups excluding carboxylic acids is 2. The van der Waals surface area contributed by atoms with Gasteiger partial charge in [0.15, 0.2) is 0 Å². The minimum atomic E-state index is -1.33. The van der Waals surface area contributed by atoms with Gasteiger partial charge in [-0.05, 0) is 30.3 Å². The van der Waals surface area contributed by atoms with Gasteiger partial charge in [-0.2, -0.15) is 5.26 Å². The number of nitrogens with zero attached hydrogens (tertiary/aromatic N) is 1. The standard InChI is InChI=1S/C16H11FN2O3/c17-13-6-4-11(5-7-13)14(15(19)20)22-16(21)12-3-1-2-10(8-12)9-18/h1-8,14H,(H2,19,20). The molecular weight excluding hydrogens is 287 g/mol. The van der Waals surface area contributed by atoms with Gasteiger partial charge in [0.25, 0.3) is 5.91 Å². The third kappa shape index (κ3) is 3.46. The Hall–Kier alpha value is -3.20. The quantitative estimate of drug-likeness (QED) is 0.874. The lowest BCUT2D eigenvalue weighted by atomic mass is 10.1. The number of ether oxygens (including phenoxy) is 1. The predicted octanol–water partition coefficient (Wildman–Crippen LogP) is 2.08. The highest BCUT2D eigenvalue weighted by Gasteiger charge is 2.23. The SMILES string of the molecule is N#Cc1cccc(C(=O)OC(C(N)=O)c2ccc(F)cc2)c1. The van der Waals surface area contributed by atoms with Crippen LogP contribution in [0.3, 0.4) is 0 Å². The number of carbonyl (C=O) groups is 2. The van der Waals surface area contributed by atoms with Crippen LogP contribution >= 0.6 is 0 Å². The topological polar surface area (TPSA) is 93.2 Å². The summed E-state index contributed by atoms with van der Waals surface area (Å²) in [6.07, 6.45) is -1.33. The van der Waals surface area contributed by atoms with Gasteiger partial charge >= 0.3 is 5.97 Å². The summed E-state index contributed by atoms with van der Waals surface area (Å²) in [6.45, 7) is 0. The molecule has 0 radical (unpaired) electrons. The minimum Gasteiger partial charge on any atom is -0.444 e. The van der Waals surface area contributed by atoms with Crippen LogP contribution in [0.4, 0.5) is 4.39 Å². The molecule has 6 heteroatoms. The normalized spacial score (nSPS) is 11.3. The fourth-order valence-electron chi connectivity index (χ4n) is 1.82. The Labute approximate surface area is 125 Å². The first kappa shape index (κ1) is 15.2. The Kier molecular flexibility index (Phi) is 4.49. The molecule has 2 aromatic rings. The Balaban J connectivity index is 2.24. The van der Waals surface area contributed by atoms with Crippen LogP contribution in [0.15, 0.2) is 48.5 Å². The Morgan fingerprint density at radius 3 is 2.45 bits per heavy atom. The van der Waals surface area contributed by atoms with Crippen molar-refractivity contribution in [2.45, 2.75) is 6.10 Å². The van der Waals surface area contributed by atoms with Crippen LogP contribution in [0.1, 0.15) is 27.6 Å². The van der Waals surface area contributed by atoms with E-state index in [0.717, 1.165) is 12.1 Å². The number of hydrogen-bond acceptors (Lipinski definition) is 4. The van der Waals surface area contributed by atoms with Crippen molar-refractivity contribution in [1.82, 2.24) is 0 Å². The largest absolute Gasteiger partial charge is 0.444 e. The molecule has 1 amide bonds. The van der Waals surface area contributed by atoms with E-state index in [4.69, 9.17) is 15.7 Å². The molecule has 2 N–H and O–H groups in total. The first-order valence-electron chi connectivity index (χ1n) is 6.27. The van der Waals surface area contributed by atoms with Crippen molar-refractivity contribution in [2.75, 3.05) is 0 Å². The number of amides is 1. The molecule has 5 nitrogen and oxygen atoms in total. The lowest BCUT2D eigenvalue weighted by Crippen LogP contribution is -2.26. The molecule has 1 atom stereocenters. The van der Waals surface area contributed by atoms with E-state index in [9.17, 15) is 14.0 Å². The van der Waals surface area contributed by atoms with Crippen molar-refractivity contribution in [3.63, 3.8) is 0 Å². The lowest BCUT2D eigenvalue weighted by Gasteiger charge is -2.15. The van der Waals surface area contributed by atoms with Crippen molar-refractivity contribution < 1.29 is 18.7 Å². The molecule has 2 rings (SSSR count). The van der Waals surface area contributed by atoms with Crippen LogP contribution in [-0.2, 0) is 9.53 Å². The zero-order chi connectivity index (χ0) is 16.1. The molecule has 110 valence electrons. The second-order valence-corrected chi connectivity index (χ2v) is 4.43. The first-order chi connectivity index (χ1) is 10.5. The first-order valence-corrected chi connectivity index (χ1v) is 6.27. The molecule has 22 heavy (non-hydrogen) atoms. The number of halogens is 1. The molecule has 0 aliphatic carbocycles. The zero-order valence-corrected chi connectivity index (χ0v) is 11.3. The van der Waals surface area contributed by atoms with Crippen LogP contribution in [0.2, 0.25) is 0 Å². The maximum Gasteiger partial charge on any atom is 0.339 e. The predicted molar refractivity (Wildman–Crippen MR) is 74.9 cm³/mol. The molecule has 2 aromatic carbocycles. The smallest absolute Gasteiger partial charge is 0.339 e. The highest BCUT2D eigenvalue weighted by atomic mass is 19.1. The molecule has 0 spiro atoms. The third-order valence-corrected chi connectivity index (χ3v) is 2.88. The van der Waals surface area contributed by atoms with Gasteiger partial charge in [-0.25, -0.2) is 9.18 Å². The van der Waals surface area contributed by atoms with Crippen molar-refractivity contribution in [3.05, 3.63) is 71.0 Å². The number of rotatable bonds is 4. The molecule has 0 saturated carbocycles. The van der Waals surface area contributed by atoms with E-state index in [0.29, 0.717) is 0 Å². The van der Waals surface area contributed by atoms with Crippen LogP contribution in [0.25, 0.3) is 0 Å². The van der Waals surface area contributed by atoms with Crippen LogP contribution in [-0.4, -0.2) is 11.9 Å². The van der Waals surface area contributed by atoms with E-state index >= 15 is 0 Å². The van der Waals surface area contributed by atoms with Gasteiger partial charge in [-0.3, -0.25) is 4.79 Å². The summed E-state index contributed by atoms with van der Waals surface area (Å²) in [7, 11) is 0. The van der Waals surface area contributed by atoms with E-state index < -0.39 is 23.8 Å². The van der Waals surface area contributed by atoms with Crippen LogP contribution in [0.5, 0.6) is 0 Å². The monoisotopic (exact) mass is 298 g/mol. The third-order valence-electron chi connectivity index (χ3n) is 2.88. The molecule has 0 fully saturated rings. The van der Waals surface area contributed by atoms with Crippen molar-refractivity contribution in [2.24, 2.45) is 5.73 Å². The second-order valence-electron chi connectivity index (χ2n) is 4.43. The maximum absolute atomic E-state index is 12.9. The highest BCUT2D eigenvalue weighted by molar-refractivity contribution is 5.92. The van der Waals surface area contributed by atoms with Crippen molar-refractivity contribution >= 4 is 11.9 Å². The van der Waals surface area contributed by atoms with E-state index in [2.05, 4.69) is 0 Å². The molecule has 0 saturated heterocycles. The number of primary amides is 1. The molecule has 0 aliphatic heterocycles. The Morgan fingerprint density at radius 2 is 1.86 bits per heavy atom. The summed E-state index contributed by atoms with van der Waals surface area (Å²) in [5.41, 5.74) is 5.89. The average molecular weight is 298 g/mol. The van der Waals surface area contributed by atoms with E-state index in [1.165, 1.54) is 36.4 Å². The average Bonchev–Trinajstić information content (AvgIpc) is 2.53. The number of nitriles is 1. The highest BCUT2D eigenvalue weighted by Crippen LogP contribution is 2.20. The summed E-state index contributed by atoms with van der Waals surface area (Å²) in [4.78, 5) is 23.5. The van der Waals surface area contributed by atoms with Gasteiger partial charge in [0.05, 0.1) is 17.2 Å². The lowest BCUT2D eigenvalue weighted by molar-refractivity contribution is -0.127. The number of benzene rings is 2. The van der Waals surface area contributed by atoms with Crippen LogP contribution in [0, 0.1) is 17.1 Å². The van der Waals surface area contributed by atoms with Crippen molar-refractivity contribution in [3.8, 4) is 6.07 Å². The zero-order valence-electron chi connectivity index (χ0n) is 11.3. The summed E-state index contributed by atoms with van der Waals surface area (Å²) >= 11 is 0. The van der Waals surface area contributed by atoms with Gasteiger partial charge in [0.2, 0.25) is 6.10 Å².